The van der Waals surface area contributed by atoms with Crippen LogP contribution in [0, 0.1) is 0 Å². The Labute approximate surface area is 170 Å². The number of ether oxygens (including phenoxy) is 3. The molecular formula is C21H20O9. The smallest absolute Gasteiger partial charge is 0.202 e. The van der Waals surface area contributed by atoms with E-state index in [0.717, 1.165) is 0 Å². The molecule has 1 aliphatic rings. The molecule has 2 heterocycles. The normalized spacial score (nSPS) is 21.5. The minimum atomic E-state index is -0.994. The second-order valence-electron chi connectivity index (χ2n) is 6.93. The average Bonchev–Trinajstić information content (AvgIpc) is 2.70. The van der Waals surface area contributed by atoms with Crippen LogP contribution >= 0.6 is 0 Å². The van der Waals surface area contributed by atoms with E-state index in [1.54, 1.807) is 6.07 Å². The van der Waals surface area contributed by atoms with Gasteiger partial charge in [0.25, 0.3) is 0 Å². The zero-order valence-corrected chi connectivity index (χ0v) is 15.9. The maximum atomic E-state index is 12.6. The van der Waals surface area contributed by atoms with Crippen LogP contribution in [0.1, 0.15) is 6.42 Å². The summed E-state index contributed by atoms with van der Waals surface area (Å²) in [7, 11) is 1.40. The Hall–Kier alpha value is -3.27. The first-order valence-electron chi connectivity index (χ1n) is 9.18. The van der Waals surface area contributed by atoms with Crippen molar-refractivity contribution < 1.29 is 39.1 Å². The van der Waals surface area contributed by atoms with Crippen LogP contribution in [-0.2, 0) is 4.74 Å². The monoisotopic (exact) mass is 416 g/mol. The third-order valence-corrected chi connectivity index (χ3v) is 4.85. The molecule has 30 heavy (non-hydrogen) atoms. The van der Waals surface area contributed by atoms with Gasteiger partial charge >= 0.3 is 0 Å². The van der Waals surface area contributed by atoms with Gasteiger partial charge in [-0.1, -0.05) is 0 Å². The van der Waals surface area contributed by atoms with Gasteiger partial charge in [0.1, 0.15) is 34.3 Å². The first-order valence-corrected chi connectivity index (χ1v) is 9.18. The molecule has 1 fully saturated rings. The summed E-state index contributed by atoms with van der Waals surface area (Å²) in [6.45, 7) is -0.0900. The van der Waals surface area contributed by atoms with Crippen LogP contribution in [-0.4, -0.2) is 52.6 Å². The molecule has 0 amide bonds. The molecule has 4 N–H and O–H groups in total. The van der Waals surface area contributed by atoms with Gasteiger partial charge in [0.2, 0.25) is 6.29 Å². The Morgan fingerprint density at radius 2 is 1.83 bits per heavy atom. The highest BCUT2D eigenvalue weighted by Crippen LogP contribution is 2.35. The second-order valence-corrected chi connectivity index (χ2v) is 6.93. The van der Waals surface area contributed by atoms with E-state index in [0.29, 0.717) is 5.56 Å². The highest BCUT2D eigenvalue weighted by Gasteiger charge is 2.29. The molecular weight excluding hydrogens is 396 g/mol. The molecule has 9 heteroatoms. The molecule has 1 aliphatic heterocycles. The zero-order valence-electron chi connectivity index (χ0n) is 15.9. The van der Waals surface area contributed by atoms with Gasteiger partial charge in [0.05, 0.1) is 19.8 Å². The zero-order chi connectivity index (χ0) is 21.4. The van der Waals surface area contributed by atoms with Crippen molar-refractivity contribution in [2.45, 2.75) is 24.9 Å². The van der Waals surface area contributed by atoms with E-state index in [2.05, 4.69) is 0 Å². The molecule has 4 rings (SSSR count). The van der Waals surface area contributed by atoms with Crippen molar-refractivity contribution >= 4 is 11.0 Å². The molecule has 3 unspecified atom stereocenters. The average molecular weight is 416 g/mol. The Kier molecular flexibility index (Phi) is 5.25. The van der Waals surface area contributed by atoms with Crippen LogP contribution in [0.3, 0.4) is 0 Å². The van der Waals surface area contributed by atoms with Crippen LogP contribution < -0.4 is 14.9 Å². The van der Waals surface area contributed by atoms with Crippen molar-refractivity contribution in [3.05, 3.63) is 46.6 Å². The number of hydrogen-bond donors (Lipinski definition) is 4. The fourth-order valence-electron chi connectivity index (χ4n) is 3.26. The molecule has 0 radical (unpaired) electrons. The Bertz CT molecular complexity index is 1140. The van der Waals surface area contributed by atoms with Gasteiger partial charge in [-0.25, -0.2) is 0 Å². The first kappa shape index (κ1) is 20.0. The van der Waals surface area contributed by atoms with Gasteiger partial charge in [-0.3, -0.25) is 4.79 Å². The Balaban J connectivity index is 1.72. The van der Waals surface area contributed by atoms with Crippen molar-refractivity contribution in [1.82, 2.24) is 0 Å². The highest BCUT2D eigenvalue weighted by atomic mass is 16.7. The van der Waals surface area contributed by atoms with E-state index in [1.807, 2.05) is 0 Å². The lowest BCUT2D eigenvalue weighted by Gasteiger charge is -2.30. The second kappa shape index (κ2) is 7.86. The lowest BCUT2D eigenvalue weighted by Crippen LogP contribution is -2.43. The van der Waals surface area contributed by atoms with E-state index >= 15 is 0 Å². The maximum Gasteiger partial charge on any atom is 0.202 e. The highest BCUT2D eigenvalue weighted by molar-refractivity contribution is 5.86. The summed E-state index contributed by atoms with van der Waals surface area (Å²) in [6, 6.07) is 8.40. The van der Waals surface area contributed by atoms with E-state index < -0.39 is 23.9 Å². The molecule has 0 bridgehead atoms. The largest absolute Gasteiger partial charge is 0.507 e. The number of aromatic hydroxyl groups is 2. The van der Waals surface area contributed by atoms with E-state index in [4.69, 9.17) is 18.6 Å². The quantitative estimate of drug-likeness (QED) is 0.501. The molecule has 3 atom stereocenters. The van der Waals surface area contributed by atoms with E-state index in [9.17, 15) is 25.2 Å². The molecule has 0 aliphatic carbocycles. The predicted molar refractivity (Wildman–Crippen MR) is 105 cm³/mol. The minimum absolute atomic E-state index is 0.0168. The first-order chi connectivity index (χ1) is 14.4. The van der Waals surface area contributed by atoms with Crippen molar-refractivity contribution in [3.63, 3.8) is 0 Å². The lowest BCUT2D eigenvalue weighted by atomic mass is 10.1. The van der Waals surface area contributed by atoms with Crippen LogP contribution in [0.2, 0.25) is 0 Å². The van der Waals surface area contributed by atoms with Crippen molar-refractivity contribution in [2.75, 3.05) is 13.7 Å². The fourth-order valence-corrected chi connectivity index (χ4v) is 3.26. The lowest BCUT2D eigenvalue weighted by molar-refractivity contribution is -0.182. The molecule has 3 aromatic rings. The molecule has 1 saturated heterocycles. The number of fused-ring (bicyclic) bond motifs is 1. The van der Waals surface area contributed by atoms with Gasteiger partial charge in [0.15, 0.2) is 16.9 Å². The van der Waals surface area contributed by atoms with Crippen LogP contribution in [0.25, 0.3) is 22.3 Å². The molecule has 0 spiro atoms. The van der Waals surface area contributed by atoms with Crippen molar-refractivity contribution in [1.29, 1.82) is 0 Å². The number of rotatable bonds is 4. The van der Waals surface area contributed by atoms with Gasteiger partial charge < -0.3 is 39.1 Å². The van der Waals surface area contributed by atoms with Crippen molar-refractivity contribution in [3.8, 4) is 34.3 Å². The summed E-state index contributed by atoms with van der Waals surface area (Å²) < 4.78 is 21.8. The topological polar surface area (TPSA) is 139 Å². The number of hydrogen-bond acceptors (Lipinski definition) is 9. The summed E-state index contributed by atoms with van der Waals surface area (Å²) in [5.41, 5.74) is 0.105. The molecule has 9 nitrogen and oxygen atoms in total. The number of phenols is 2. The standard InChI is InChI=1S/C21H20O9/c1-27-18-4-10(2-3-12(18)22)17-7-15(25)21-14(24)5-11(6-19(21)30-17)29-20-8-13(23)16(26)9-28-20/h2-7,13,16,20,22-24,26H,8-9H2,1H3. The number of phenolic OH excluding ortho intramolecular Hbond substituents is 2. The Morgan fingerprint density at radius 1 is 1.03 bits per heavy atom. The molecule has 2 aromatic carbocycles. The van der Waals surface area contributed by atoms with Crippen LogP contribution in [0.15, 0.2) is 45.6 Å². The third-order valence-electron chi connectivity index (χ3n) is 4.85. The number of benzene rings is 2. The van der Waals surface area contributed by atoms with Crippen LogP contribution in [0.5, 0.6) is 23.0 Å². The van der Waals surface area contributed by atoms with Crippen molar-refractivity contribution in [2.24, 2.45) is 0 Å². The van der Waals surface area contributed by atoms with Gasteiger partial charge in [0, 0.05) is 30.2 Å². The minimum Gasteiger partial charge on any atom is -0.507 e. The van der Waals surface area contributed by atoms with Gasteiger partial charge in [-0.05, 0) is 18.2 Å². The molecule has 1 aromatic heterocycles. The maximum absolute atomic E-state index is 12.6. The van der Waals surface area contributed by atoms with E-state index in [-0.39, 0.29) is 52.8 Å². The summed E-state index contributed by atoms with van der Waals surface area (Å²) in [4.78, 5) is 12.6. The summed E-state index contributed by atoms with van der Waals surface area (Å²) in [6.07, 6.45) is -2.78. The Morgan fingerprint density at radius 3 is 2.57 bits per heavy atom. The third kappa shape index (κ3) is 3.78. The predicted octanol–water partition coefficient (Wildman–Crippen LogP) is 1.73. The molecule has 158 valence electrons. The van der Waals surface area contributed by atoms with Gasteiger partial charge in [-0.2, -0.15) is 0 Å². The summed E-state index contributed by atoms with van der Waals surface area (Å²) in [5.74, 6) is 0.192. The fraction of sp³-hybridized carbons (Fsp3) is 0.286. The summed E-state index contributed by atoms with van der Waals surface area (Å²) in [5, 5.41) is 39.3. The SMILES string of the molecule is COc1cc(-c2cc(=O)c3c(O)cc(OC4CC(O)C(O)CO4)cc3o2)ccc1O. The summed E-state index contributed by atoms with van der Waals surface area (Å²) >= 11 is 0. The number of aliphatic hydroxyl groups excluding tert-OH is 2. The van der Waals surface area contributed by atoms with Crippen LogP contribution in [0.4, 0.5) is 0 Å². The molecule has 0 saturated carbocycles. The number of aliphatic hydroxyl groups is 2. The van der Waals surface area contributed by atoms with E-state index in [1.165, 1.54) is 37.4 Å². The number of methoxy groups -OCH3 is 1. The van der Waals surface area contributed by atoms with Gasteiger partial charge in [-0.15, -0.1) is 0 Å².